The number of carbonyl (C=O) groups is 1. The van der Waals surface area contributed by atoms with Crippen LogP contribution in [0, 0.1) is 6.92 Å². The van der Waals surface area contributed by atoms with Crippen molar-refractivity contribution in [3.8, 4) is 5.75 Å². The molecule has 2 aromatic carbocycles. The Morgan fingerprint density at radius 1 is 1.04 bits per heavy atom. The van der Waals surface area contributed by atoms with E-state index in [0.717, 1.165) is 24.2 Å². The van der Waals surface area contributed by atoms with Gasteiger partial charge in [-0.05, 0) is 80.8 Å². The molecule has 0 saturated carbocycles. The van der Waals surface area contributed by atoms with Crippen LogP contribution in [0.3, 0.4) is 0 Å². The summed E-state index contributed by atoms with van der Waals surface area (Å²) in [7, 11) is 0. The van der Waals surface area contributed by atoms with Gasteiger partial charge in [0.05, 0.1) is 6.04 Å². The molecule has 25 heavy (non-hydrogen) atoms. The fourth-order valence-corrected chi connectivity index (χ4v) is 3.52. The molecule has 1 aliphatic carbocycles. The maximum Gasteiger partial charge on any atom is 0.261 e. The van der Waals surface area contributed by atoms with Crippen molar-refractivity contribution in [1.82, 2.24) is 5.32 Å². The summed E-state index contributed by atoms with van der Waals surface area (Å²) in [6.45, 7) is 5.87. The Morgan fingerprint density at radius 2 is 1.76 bits per heavy atom. The van der Waals surface area contributed by atoms with E-state index in [1.807, 2.05) is 25.1 Å². The van der Waals surface area contributed by atoms with Gasteiger partial charge in [0.15, 0.2) is 6.10 Å². The summed E-state index contributed by atoms with van der Waals surface area (Å²) in [5.74, 6) is 0.695. The van der Waals surface area contributed by atoms with Gasteiger partial charge < -0.3 is 10.1 Å². The number of nitrogens with one attached hydrogen (secondary N) is 1. The third-order valence-corrected chi connectivity index (χ3v) is 5.02. The van der Waals surface area contributed by atoms with Crippen molar-refractivity contribution in [1.29, 1.82) is 0 Å². The molecule has 3 rings (SSSR count). The molecule has 0 saturated heterocycles. The number of hydrogen-bond donors (Lipinski definition) is 1. The molecule has 3 nitrogen and oxygen atoms in total. The largest absolute Gasteiger partial charge is 0.481 e. The van der Waals surface area contributed by atoms with E-state index in [1.54, 1.807) is 6.92 Å². The van der Waals surface area contributed by atoms with E-state index in [1.165, 1.54) is 29.5 Å². The maximum absolute atomic E-state index is 12.5. The molecule has 0 aromatic heterocycles. The highest BCUT2D eigenvalue weighted by Gasteiger charge is 2.19. The number of ether oxygens (including phenoxy) is 1. The fourth-order valence-electron chi connectivity index (χ4n) is 3.52. The lowest BCUT2D eigenvalue weighted by Crippen LogP contribution is -2.38. The van der Waals surface area contributed by atoms with E-state index < -0.39 is 6.10 Å². The second kappa shape index (κ2) is 7.73. The predicted octanol–water partition coefficient (Wildman–Crippen LogP) is 4.52. The molecule has 0 aliphatic heterocycles. The van der Waals surface area contributed by atoms with E-state index in [0.29, 0.717) is 0 Å². The number of rotatable bonds is 5. The van der Waals surface area contributed by atoms with Gasteiger partial charge in [-0.15, -0.1) is 0 Å². The summed E-state index contributed by atoms with van der Waals surface area (Å²) in [5, 5.41) is 3.06. The van der Waals surface area contributed by atoms with Crippen LogP contribution >= 0.6 is 0 Å². The number of fused-ring (bicyclic) bond motifs is 1. The lowest BCUT2D eigenvalue weighted by Gasteiger charge is -2.21. The van der Waals surface area contributed by atoms with Crippen LogP contribution < -0.4 is 10.1 Å². The third kappa shape index (κ3) is 4.22. The highest BCUT2D eigenvalue weighted by atomic mass is 16.5. The summed E-state index contributed by atoms with van der Waals surface area (Å²) in [6.07, 6.45) is 4.24. The molecule has 132 valence electrons. The van der Waals surface area contributed by atoms with Gasteiger partial charge in [0.1, 0.15) is 5.75 Å². The molecular weight excluding hydrogens is 310 g/mol. The molecule has 0 bridgehead atoms. The topological polar surface area (TPSA) is 38.3 Å². The van der Waals surface area contributed by atoms with Gasteiger partial charge in [0, 0.05) is 0 Å². The van der Waals surface area contributed by atoms with Crippen LogP contribution in [-0.4, -0.2) is 12.0 Å². The first-order valence-electron chi connectivity index (χ1n) is 9.19. The van der Waals surface area contributed by atoms with Crippen LogP contribution in [0.25, 0.3) is 0 Å². The van der Waals surface area contributed by atoms with Crippen molar-refractivity contribution in [2.24, 2.45) is 0 Å². The summed E-state index contributed by atoms with van der Waals surface area (Å²) in [5.41, 5.74) is 5.10. The van der Waals surface area contributed by atoms with Gasteiger partial charge in [-0.25, -0.2) is 0 Å². The lowest BCUT2D eigenvalue weighted by molar-refractivity contribution is -0.127. The molecule has 0 spiro atoms. The summed E-state index contributed by atoms with van der Waals surface area (Å²) >= 11 is 0. The minimum Gasteiger partial charge on any atom is -0.481 e. The molecule has 1 aliphatic rings. The average Bonchev–Trinajstić information content (AvgIpc) is 2.61. The second-order valence-electron chi connectivity index (χ2n) is 6.98. The smallest absolute Gasteiger partial charge is 0.261 e. The molecular formula is C22H27NO2. The van der Waals surface area contributed by atoms with Gasteiger partial charge in [0.25, 0.3) is 5.91 Å². The zero-order valence-electron chi connectivity index (χ0n) is 15.3. The molecule has 3 heteroatoms. The standard InChI is InChI=1S/C22H27NO2/c1-15-8-4-7-11-21(15)16(2)23-22(24)17(3)25-20-13-12-18-9-5-6-10-19(18)14-20/h4,7-8,11-14,16-17H,5-6,9-10H2,1-3H3,(H,23,24). The van der Waals surface area contributed by atoms with Crippen molar-refractivity contribution in [2.45, 2.75) is 58.6 Å². The van der Waals surface area contributed by atoms with Crippen molar-refractivity contribution >= 4 is 5.91 Å². The van der Waals surface area contributed by atoms with Crippen molar-refractivity contribution in [3.05, 3.63) is 64.7 Å². The molecule has 2 aromatic rings. The minimum absolute atomic E-state index is 0.0386. The van der Waals surface area contributed by atoms with Crippen LogP contribution in [0.4, 0.5) is 0 Å². The minimum atomic E-state index is -0.520. The van der Waals surface area contributed by atoms with Gasteiger partial charge >= 0.3 is 0 Å². The molecule has 0 heterocycles. The highest BCUT2D eigenvalue weighted by molar-refractivity contribution is 5.81. The zero-order valence-corrected chi connectivity index (χ0v) is 15.3. The summed E-state index contributed by atoms with van der Waals surface area (Å²) in [6, 6.07) is 14.3. The first-order valence-corrected chi connectivity index (χ1v) is 9.19. The van der Waals surface area contributed by atoms with Crippen LogP contribution in [0.2, 0.25) is 0 Å². The average molecular weight is 337 g/mol. The first-order chi connectivity index (χ1) is 12.0. The fraction of sp³-hybridized carbons (Fsp3) is 0.409. The predicted molar refractivity (Wildman–Crippen MR) is 101 cm³/mol. The Bertz CT molecular complexity index is 753. The first kappa shape index (κ1) is 17.5. The SMILES string of the molecule is Cc1ccccc1C(C)NC(=O)C(C)Oc1ccc2c(c1)CCCC2. The van der Waals surface area contributed by atoms with Gasteiger partial charge in [-0.3, -0.25) is 4.79 Å². The molecule has 0 radical (unpaired) electrons. The number of aryl methyl sites for hydroxylation is 3. The zero-order chi connectivity index (χ0) is 17.8. The quantitative estimate of drug-likeness (QED) is 0.871. The maximum atomic E-state index is 12.5. The summed E-state index contributed by atoms with van der Waals surface area (Å²) < 4.78 is 5.90. The Hall–Kier alpha value is -2.29. The molecule has 2 unspecified atom stereocenters. The Balaban J connectivity index is 1.62. The molecule has 2 atom stereocenters. The Kier molecular flexibility index (Phi) is 5.42. The lowest BCUT2D eigenvalue weighted by atomic mass is 9.92. The van der Waals surface area contributed by atoms with Gasteiger partial charge in [-0.1, -0.05) is 30.3 Å². The van der Waals surface area contributed by atoms with Crippen molar-refractivity contribution < 1.29 is 9.53 Å². The summed E-state index contributed by atoms with van der Waals surface area (Å²) in [4.78, 5) is 12.5. The third-order valence-electron chi connectivity index (χ3n) is 5.02. The number of carbonyl (C=O) groups excluding carboxylic acids is 1. The van der Waals surface area contributed by atoms with E-state index in [4.69, 9.17) is 4.74 Å². The molecule has 1 amide bonds. The Morgan fingerprint density at radius 3 is 2.52 bits per heavy atom. The van der Waals surface area contributed by atoms with Crippen LogP contribution in [-0.2, 0) is 17.6 Å². The van der Waals surface area contributed by atoms with Gasteiger partial charge in [-0.2, -0.15) is 0 Å². The van der Waals surface area contributed by atoms with E-state index in [2.05, 4.69) is 36.5 Å². The highest BCUT2D eigenvalue weighted by Crippen LogP contribution is 2.26. The van der Waals surface area contributed by atoms with Gasteiger partial charge in [0.2, 0.25) is 0 Å². The van der Waals surface area contributed by atoms with E-state index in [-0.39, 0.29) is 11.9 Å². The van der Waals surface area contributed by atoms with Crippen LogP contribution in [0.5, 0.6) is 5.75 Å². The number of hydrogen-bond acceptors (Lipinski definition) is 2. The van der Waals surface area contributed by atoms with Crippen LogP contribution in [0.1, 0.15) is 55.0 Å². The molecule has 1 N–H and O–H groups in total. The number of benzene rings is 2. The van der Waals surface area contributed by atoms with E-state index >= 15 is 0 Å². The number of amides is 1. The molecule has 0 fully saturated rings. The monoisotopic (exact) mass is 337 g/mol. The second-order valence-corrected chi connectivity index (χ2v) is 6.98. The van der Waals surface area contributed by atoms with Crippen molar-refractivity contribution in [2.75, 3.05) is 0 Å². The van der Waals surface area contributed by atoms with Crippen molar-refractivity contribution in [3.63, 3.8) is 0 Å². The Labute approximate surface area is 150 Å². The normalized spacial score (nSPS) is 15.8. The van der Waals surface area contributed by atoms with E-state index in [9.17, 15) is 4.79 Å². The van der Waals surface area contributed by atoms with Crippen LogP contribution in [0.15, 0.2) is 42.5 Å².